The van der Waals surface area contributed by atoms with Crippen molar-refractivity contribution in [2.24, 2.45) is 11.7 Å². The molecular formula is C11H13ClF3NO. The second-order valence-corrected chi connectivity index (χ2v) is 4.13. The van der Waals surface area contributed by atoms with E-state index in [0.717, 1.165) is 5.56 Å². The fourth-order valence-electron chi connectivity index (χ4n) is 1.21. The van der Waals surface area contributed by atoms with Crippen molar-refractivity contribution in [1.82, 2.24) is 0 Å². The van der Waals surface area contributed by atoms with E-state index >= 15 is 0 Å². The molecule has 2 N–H and O–H groups in total. The molecule has 0 heterocycles. The lowest BCUT2D eigenvalue weighted by Gasteiger charge is -2.19. The van der Waals surface area contributed by atoms with Gasteiger partial charge >= 0.3 is 6.18 Å². The molecule has 1 atom stereocenters. The van der Waals surface area contributed by atoms with Gasteiger partial charge in [-0.05, 0) is 24.6 Å². The van der Waals surface area contributed by atoms with E-state index in [1.807, 2.05) is 6.92 Å². The third-order valence-corrected chi connectivity index (χ3v) is 2.57. The molecule has 0 saturated heterocycles. The van der Waals surface area contributed by atoms with Gasteiger partial charge in [-0.3, -0.25) is 0 Å². The van der Waals surface area contributed by atoms with Gasteiger partial charge < -0.3 is 10.5 Å². The van der Waals surface area contributed by atoms with Crippen molar-refractivity contribution >= 4 is 11.6 Å². The standard InChI is InChI=1S/C11H13ClF3NO/c1-7-2-3-10(9(12)4-7)17-6-8(5-16)11(13,14)15/h2-4,8H,5-6,16H2,1H3. The van der Waals surface area contributed by atoms with Crippen molar-refractivity contribution < 1.29 is 17.9 Å². The quantitative estimate of drug-likeness (QED) is 0.909. The summed E-state index contributed by atoms with van der Waals surface area (Å²) in [4.78, 5) is 0. The van der Waals surface area contributed by atoms with Crippen LogP contribution in [0.1, 0.15) is 5.56 Å². The zero-order valence-corrected chi connectivity index (χ0v) is 9.98. The van der Waals surface area contributed by atoms with Gasteiger partial charge in [-0.2, -0.15) is 13.2 Å². The second-order valence-electron chi connectivity index (χ2n) is 3.72. The molecule has 1 unspecified atom stereocenters. The molecule has 6 heteroatoms. The van der Waals surface area contributed by atoms with Crippen molar-refractivity contribution in [2.75, 3.05) is 13.2 Å². The van der Waals surface area contributed by atoms with Gasteiger partial charge in [-0.1, -0.05) is 17.7 Å². The Labute approximate surface area is 103 Å². The van der Waals surface area contributed by atoms with E-state index in [0.29, 0.717) is 5.02 Å². The fraction of sp³-hybridized carbons (Fsp3) is 0.455. The van der Waals surface area contributed by atoms with E-state index in [1.165, 1.54) is 0 Å². The summed E-state index contributed by atoms with van der Waals surface area (Å²) in [6.07, 6.45) is -4.36. The van der Waals surface area contributed by atoms with Gasteiger partial charge in [0, 0.05) is 6.54 Å². The van der Waals surface area contributed by atoms with Crippen LogP contribution in [-0.2, 0) is 0 Å². The summed E-state index contributed by atoms with van der Waals surface area (Å²) in [5.41, 5.74) is 5.96. The molecular weight excluding hydrogens is 255 g/mol. The molecule has 1 rings (SSSR count). The smallest absolute Gasteiger partial charge is 0.396 e. The van der Waals surface area contributed by atoms with E-state index in [4.69, 9.17) is 22.1 Å². The zero-order chi connectivity index (χ0) is 13.1. The van der Waals surface area contributed by atoms with Crippen molar-refractivity contribution in [3.05, 3.63) is 28.8 Å². The lowest BCUT2D eigenvalue weighted by Crippen LogP contribution is -2.35. The van der Waals surface area contributed by atoms with Crippen LogP contribution in [0.25, 0.3) is 0 Å². The molecule has 0 aliphatic carbocycles. The molecule has 0 aliphatic rings. The highest BCUT2D eigenvalue weighted by Gasteiger charge is 2.39. The zero-order valence-electron chi connectivity index (χ0n) is 9.22. The number of rotatable bonds is 4. The highest BCUT2D eigenvalue weighted by molar-refractivity contribution is 6.32. The molecule has 2 nitrogen and oxygen atoms in total. The van der Waals surface area contributed by atoms with Crippen LogP contribution in [0.4, 0.5) is 13.2 Å². The maximum absolute atomic E-state index is 12.4. The molecule has 96 valence electrons. The van der Waals surface area contributed by atoms with Crippen LogP contribution in [0.3, 0.4) is 0 Å². The van der Waals surface area contributed by atoms with Gasteiger partial charge in [0.15, 0.2) is 0 Å². The van der Waals surface area contributed by atoms with E-state index in [1.54, 1.807) is 18.2 Å². The Morgan fingerprint density at radius 1 is 1.41 bits per heavy atom. The molecule has 1 aromatic carbocycles. The fourth-order valence-corrected chi connectivity index (χ4v) is 1.50. The average molecular weight is 268 g/mol. The highest BCUT2D eigenvalue weighted by Crippen LogP contribution is 2.29. The van der Waals surface area contributed by atoms with Crippen LogP contribution in [0.15, 0.2) is 18.2 Å². The number of hydrogen-bond donors (Lipinski definition) is 1. The first-order valence-corrected chi connectivity index (χ1v) is 5.38. The van der Waals surface area contributed by atoms with E-state index < -0.39 is 25.2 Å². The van der Waals surface area contributed by atoms with Gasteiger partial charge in [0.25, 0.3) is 0 Å². The Hall–Kier alpha value is -0.940. The number of hydrogen-bond acceptors (Lipinski definition) is 2. The van der Waals surface area contributed by atoms with Crippen molar-refractivity contribution in [1.29, 1.82) is 0 Å². The van der Waals surface area contributed by atoms with Crippen LogP contribution >= 0.6 is 11.6 Å². The largest absolute Gasteiger partial charge is 0.491 e. The van der Waals surface area contributed by atoms with E-state index in [9.17, 15) is 13.2 Å². The number of halogens is 4. The Morgan fingerprint density at radius 3 is 2.53 bits per heavy atom. The third-order valence-electron chi connectivity index (χ3n) is 2.27. The predicted molar refractivity (Wildman–Crippen MR) is 60.3 cm³/mol. The minimum absolute atomic E-state index is 0.236. The number of nitrogens with two attached hydrogens (primary N) is 1. The van der Waals surface area contributed by atoms with Crippen LogP contribution in [0.2, 0.25) is 5.02 Å². The molecule has 17 heavy (non-hydrogen) atoms. The summed E-state index contributed by atoms with van der Waals surface area (Å²) in [6, 6.07) is 4.88. The summed E-state index contributed by atoms with van der Waals surface area (Å²) < 4.78 is 42.2. The van der Waals surface area contributed by atoms with Crippen LogP contribution in [0, 0.1) is 12.8 Å². The number of aryl methyl sites for hydroxylation is 1. The highest BCUT2D eigenvalue weighted by atomic mass is 35.5. The van der Waals surface area contributed by atoms with Crippen LogP contribution in [0.5, 0.6) is 5.75 Å². The normalized spacial score (nSPS) is 13.5. The Balaban J connectivity index is 2.66. The minimum Gasteiger partial charge on any atom is -0.491 e. The Morgan fingerprint density at radius 2 is 2.06 bits per heavy atom. The molecule has 0 aliphatic heterocycles. The molecule has 0 aromatic heterocycles. The van der Waals surface area contributed by atoms with Gasteiger partial charge in [0.05, 0.1) is 5.02 Å². The van der Waals surface area contributed by atoms with Crippen LogP contribution in [-0.4, -0.2) is 19.3 Å². The monoisotopic (exact) mass is 267 g/mol. The van der Waals surface area contributed by atoms with Gasteiger partial charge in [-0.25, -0.2) is 0 Å². The number of alkyl halides is 3. The second kappa shape index (κ2) is 5.60. The summed E-state index contributed by atoms with van der Waals surface area (Å²) in [5, 5.41) is 0.294. The summed E-state index contributed by atoms with van der Waals surface area (Å²) in [6.45, 7) is 0.795. The molecule has 0 radical (unpaired) electrons. The summed E-state index contributed by atoms with van der Waals surface area (Å²) in [5.74, 6) is -1.44. The lowest BCUT2D eigenvalue weighted by atomic mass is 10.1. The number of ether oxygens (including phenoxy) is 1. The molecule has 0 spiro atoms. The molecule has 0 fully saturated rings. The average Bonchev–Trinajstić information content (AvgIpc) is 2.19. The van der Waals surface area contributed by atoms with Crippen molar-refractivity contribution in [3.63, 3.8) is 0 Å². The molecule has 0 saturated carbocycles. The maximum atomic E-state index is 12.4. The van der Waals surface area contributed by atoms with Crippen molar-refractivity contribution in [2.45, 2.75) is 13.1 Å². The summed E-state index contributed by atoms with van der Waals surface area (Å²) in [7, 11) is 0. The lowest BCUT2D eigenvalue weighted by molar-refractivity contribution is -0.178. The molecule has 1 aromatic rings. The predicted octanol–water partition coefficient (Wildman–Crippen LogP) is 3.16. The maximum Gasteiger partial charge on any atom is 0.396 e. The van der Waals surface area contributed by atoms with Crippen LogP contribution < -0.4 is 10.5 Å². The SMILES string of the molecule is Cc1ccc(OCC(CN)C(F)(F)F)c(Cl)c1. The minimum atomic E-state index is -4.36. The van der Waals surface area contributed by atoms with Gasteiger partial charge in [0.2, 0.25) is 0 Å². The molecule has 0 amide bonds. The first-order chi connectivity index (χ1) is 7.84. The first-order valence-electron chi connectivity index (χ1n) is 5.00. The van der Waals surface area contributed by atoms with Gasteiger partial charge in [0.1, 0.15) is 18.3 Å². The van der Waals surface area contributed by atoms with Gasteiger partial charge in [-0.15, -0.1) is 0 Å². The van der Waals surface area contributed by atoms with E-state index in [-0.39, 0.29) is 5.75 Å². The topological polar surface area (TPSA) is 35.2 Å². The van der Waals surface area contributed by atoms with Crippen molar-refractivity contribution in [3.8, 4) is 5.75 Å². The van der Waals surface area contributed by atoms with E-state index in [2.05, 4.69) is 0 Å². The number of benzene rings is 1. The molecule has 0 bridgehead atoms. The Kier molecular flexibility index (Phi) is 4.65. The summed E-state index contributed by atoms with van der Waals surface area (Å²) >= 11 is 5.83. The Bertz CT molecular complexity index is 381. The first kappa shape index (κ1) is 14.1. The third kappa shape index (κ3) is 4.09.